The SMILES string of the molecule is CC(N(C)c1cccc(N)c1[N+](=O)[O-])C(C)(C)C. The molecule has 0 bridgehead atoms. The maximum atomic E-state index is 11.1. The Bertz CT molecular complexity index is 452. The van der Waals surface area contributed by atoms with Crippen LogP contribution in [0.2, 0.25) is 0 Å². The van der Waals surface area contributed by atoms with Gasteiger partial charge in [-0.15, -0.1) is 0 Å². The largest absolute Gasteiger partial charge is 0.393 e. The maximum absolute atomic E-state index is 11.1. The summed E-state index contributed by atoms with van der Waals surface area (Å²) in [5.41, 5.74) is 6.46. The number of hydrogen-bond donors (Lipinski definition) is 1. The van der Waals surface area contributed by atoms with Gasteiger partial charge in [-0.2, -0.15) is 0 Å². The van der Waals surface area contributed by atoms with E-state index in [2.05, 4.69) is 20.8 Å². The average molecular weight is 251 g/mol. The number of benzene rings is 1. The lowest BCUT2D eigenvalue weighted by Gasteiger charge is -2.36. The van der Waals surface area contributed by atoms with Crippen molar-refractivity contribution in [1.82, 2.24) is 0 Å². The van der Waals surface area contributed by atoms with Crippen molar-refractivity contribution in [2.45, 2.75) is 33.7 Å². The first-order valence-corrected chi connectivity index (χ1v) is 5.92. The molecular formula is C13H21N3O2. The van der Waals surface area contributed by atoms with Gasteiger partial charge in [0.25, 0.3) is 0 Å². The van der Waals surface area contributed by atoms with Gasteiger partial charge in [0.2, 0.25) is 0 Å². The van der Waals surface area contributed by atoms with Gasteiger partial charge in [-0.3, -0.25) is 10.1 Å². The summed E-state index contributed by atoms with van der Waals surface area (Å²) in [5, 5.41) is 11.1. The molecule has 1 aromatic carbocycles. The Labute approximate surface area is 108 Å². The number of nitrogens with zero attached hydrogens (tertiary/aromatic N) is 2. The van der Waals surface area contributed by atoms with E-state index in [4.69, 9.17) is 5.73 Å². The van der Waals surface area contributed by atoms with Crippen LogP contribution in [0.3, 0.4) is 0 Å². The molecule has 0 saturated carbocycles. The lowest BCUT2D eigenvalue weighted by molar-refractivity contribution is -0.383. The molecule has 2 N–H and O–H groups in total. The fourth-order valence-corrected chi connectivity index (χ4v) is 1.82. The molecule has 0 aromatic heterocycles. The molecule has 5 nitrogen and oxygen atoms in total. The third-order valence-electron chi connectivity index (χ3n) is 3.44. The highest BCUT2D eigenvalue weighted by Gasteiger charge is 2.29. The lowest BCUT2D eigenvalue weighted by Crippen LogP contribution is -2.39. The molecule has 0 aliphatic rings. The number of nitrogen functional groups attached to an aromatic ring is 1. The lowest BCUT2D eigenvalue weighted by atomic mass is 9.87. The highest BCUT2D eigenvalue weighted by atomic mass is 16.6. The summed E-state index contributed by atoms with van der Waals surface area (Å²) in [6.45, 7) is 8.36. The smallest absolute Gasteiger partial charge is 0.315 e. The van der Waals surface area contributed by atoms with Crippen LogP contribution in [0.25, 0.3) is 0 Å². The molecule has 18 heavy (non-hydrogen) atoms. The Morgan fingerprint density at radius 2 is 1.94 bits per heavy atom. The van der Waals surface area contributed by atoms with Crippen molar-refractivity contribution < 1.29 is 4.92 Å². The summed E-state index contributed by atoms with van der Waals surface area (Å²) in [7, 11) is 1.86. The van der Waals surface area contributed by atoms with Gasteiger partial charge in [-0.25, -0.2) is 0 Å². The van der Waals surface area contributed by atoms with Gasteiger partial charge in [-0.05, 0) is 24.5 Å². The molecule has 1 aromatic rings. The molecule has 0 aliphatic heterocycles. The van der Waals surface area contributed by atoms with Gasteiger partial charge in [0.1, 0.15) is 11.4 Å². The number of nitro groups is 1. The van der Waals surface area contributed by atoms with E-state index in [1.165, 1.54) is 0 Å². The minimum atomic E-state index is -0.420. The van der Waals surface area contributed by atoms with Crippen LogP contribution in [0.1, 0.15) is 27.7 Å². The number of anilines is 2. The molecule has 0 amide bonds. The molecule has 1 rings (SSSR count). The van der Waals surface area contributed by atoms with Crippen LogP contribution >= 0.6 is 0 Å². The van der Waals surface area contributed by atoms with Gasteiger partial charge in [-0.1, -0.05) is 26.8 Å². The van der Waals surface area contributed by atoms with Crippen molar-refractivity contribution in [2.24, 2.45) is 5.41 Å². The minimum absolute atomic E-state index is 0.0175. The Morgan fingerprint density at radius 3 is 2.39 bits per heavy atom. The summed E-state index contributed by atoms with van der Waals surface area (Å²) in [6.07, 6.45) is 0. The van der Waals surface area contributed by atoms with Crippen molar-refractivity contribution in [1.29, 1.82) is 0 Å². The molecule has 5 heteroatoms. The van der Waals surface area contributed by atoms with E-state index >= 15 is 0 Å². The standard InChI is InChI=1S/C13H21N3O2/c1-9(13(2,3)4)15(5)11-8-6-7-10(14)12(11)16(17)18/h6-9H,14H2,1-5H3. The second-order valence-corrected chi connectivity index (χ2v) is 5.62. The first-order valence-electron chi connectivity index (χ1n) is 5.92. The summed E-state index contributed by atoms with van der Waals surface area (Å²) >= 11 is 0. The monoisotopic (exact) mass is 251 g/mol. The Kier molecular flexibility index (Phi) is 3.84. The maximum Gasteiger partial charge on any atom is 0.315 e. The van der Waals surface area contributed by atoms with E-state index in [1.807, 2.05) is 18.9 Å². The van der Waals surface area contributed by atoms with Crippen LogP contribution in [0.15, 0.2) is 18.2 Å². The van der Waals surface area contributed by atoms with Crippen LogP contribution in [0, 0.1) is 15.5 Å². The second kappa shape index (κ2) is 4.84. The molecule has 0 heterocycles. The predicted octanol–water partition coefficient (Wildman–Crippen LogP) is 3.05. The number of rotatable bonds is 3. The van der Waals surface area contributed by atoms with Crippen molar-refractivity contribution in [3.05, 3.63) is 28.3 Å². The van der Waals surface area contributed by atoms with E-state index < -0.39 is 4.92 Å². The topological polar surface area (TPSA) is 72.4 Å². The molecule has 1 atom stereocenters. The normalized spacial score (nSPS) is 13.2. The Morgan fingerprint density at radius 1 is 1.39 bits per heavy atom. The molecule has 0 aliphatic carbocycles. The van der Waals surface area contributed by atoms with E-state index in [0.29, 0.717) is 5.69 Å². The molecular weight excluding hydrogens is 230 g/mol. The van der Waals surface area contributed by atoms with E-state index in [-0.39, 0.29) is 22.8 Å². The zero-order valence-electron chi connectivity index (χ0n) is 11.6. The molecule has 1 unspecified atom stereocenters. The van der Waals surface area contributed by atoms with Crippen molar-refractivity contribution in [2.75, 3.05) is 17.7 Å². The molecule has 0 radical (unpaired) electrons. The number of para-hydroxylation sites is 1. The van der Waals surface area contributed by atoms with Gasteiger partial charge in [0, 0.05) is 13.1 Å². The Balaban J connectivity index is 3.26. The third-order valence-corrected chi connectivity index (χ3v) is 3.44. The number of hydrogen-bond acceptors (Lipinski definition) is 4. The summed E-state index contributed by atoms with van der Waals surface area (Å²) in [6, 6.07) is 5.18. The Hall–Kier alpha value is -1.78. The van der Waals surface area contributed by atoms with Gasteiger partial charge in [0.05, 0.1) is 4.92 Å². The highest BCUT2D eigenvalue weighted by Crippen LogP contribution is 2.36. The molecule has 0 fully saturated rings. The zero-order chi connectivity index (χ0) is 14.1. The van der Waals surface area contributed by atoms with Crippen molar-refractivity contribution in [3.63, 3.8) is 0 Å². The van der Waals surface area contributed by atoms with Crippen LogP contribution < -0.4 is 10.6 Å². The molecule has 0 saturated heterocycles. The third kappa shape index (κ3) is 2.72. The number of nitro benzene ring substituents is 1. The molecule has 0 spiro atoms. The fraction of sp³-hybridized carbons (Fsp3) is 0.538. The van der Waals surface area contributed by atoms with Crippen LogP contribution in [0.5, 0.6) is 0 Å². The van der Waals surface area contributed by atoms with Crippen LogP contribution in [0.4, 0.5) is 17.1 Å². The fourth-order valence-electron chi connectivity index (χ4n) is 1.82. The van der Waals surface area contributed by atoms with Gasteiger partial charge < -0.3 is 10.6 Å². The molecule has 100 valence electrons. The minimum Gasteiger partial charge on any atom is -0.393 e. The first-order chi connectivity index (χ1) is 8.16. The summed E-state index contributed by atoms with van der Waals surface area (Å²) in [4.78, 5) is 12.6. The zero-order valence-corrected chi connectivity index (χ0v) is 11.6. The van der Waals surface area contributed by atoms with Crippen LogP contribution in [-0.4, -0.2) is 18.0 Å². The summed E-state index contributed by atoms with van der Waals surface area (Å²) in [5.74, 6) is 0. The first kappa shape index (κ1) is 14.3. The quantitative estimate of drug-likeness (QED) is 0.509. The highest BCUT2D eigenvalue weighted by molar-refractivity contribution is 5.75. The van der Waals surface area contributed by atoms with Gasteiger partial charge in [0.15, 0.2) is 0 Å². The average Bonchev–Trinajstić information content (AvgIpc) is 2.24. The second-order valence-electron chi connectivity index (χ2n) is 5.62. The van der Waals surface area contributed by atoms with Gasteiger partial charge >= 0.3 is 5.69 Å². The van der Waals surface area contributed by atoms with Crippen molar-refractivity contribution in [3.8, 4) is 0 Å². The predicted molar refractivity (Wildman–Crippen MR) is 74.8 cm³/mol. The van der Waals surface area contributed by atoms with E-state index in [0.717, 1.165) is 0 Å². The van der Waals surface area contributed by atoms with Crippen molar-refractivity contribution >= 4 is 17.1 Å². The van der Waals surface area contributed by atoms with E-state index in [1.54, 1.807) is 18.2 Å². The number of nitrogens with two attached hydrogens (primary N) is 1. The summed E-state index contributed by atoms with van der Waals surface area (Å²) < 4.78 is 0. The van der Waals surface area contributed by atoms with Crippen LogP contribution in [-0.2, 0) is 0 Å². The van der Waals surface area contributed by atoms with E-state index in [9.17, 15) is 10.1 Å².